The largest absolute Gasteiger partial charge is 0.370 e. The molecule has 0 bridgehead atoms. The van der Waals surface area contributed by atoms with E-state index in [4.69, 9.17) is 0 Å². The highest BCUT2D eigenvalue weighted by molar-refractivity contribution is 5.92. The van der Waals surface area contributed by atoms with E-state index in [1.807, 2.05) is 60.5 Å². The molecule has 1 aliphatic heterocycles. The summed E-state index contributed by atoms with van der Waals surface area (Å²) < 4.78 is 0. The Hall–Kier alpha value is -2.36. The van der Waals surface area contributed by atoms with Crippen molar-refractivity contribution in [1.29, 1.82) is 0 Å². The monoisotopic (exact) mass is 337 g/mol. The van der Waals surface area contributed by atoms with Crippen molar-refractivity contribution >= 4 is 11.6 Å². The molecule has 25 heavy (non-hydrogen) atoms. The van der Waals surface area contributed by atoms with Crippen molar-refractivity contribution in [3.8, 4) is 0 Å². The fraction of sp³-hybridized carbons (Fsp3) is 0.429. The zero-order valence-electron chi connectivity index (χ0n) is 15.2. The van der Waals surface area contributed by atoms with Gasteiger partial charge in [0.15, 0.2) is 0 Å². The van der Waals surface area contributed by atoms with Gasteiger partial charge in [-0.1, -0.05) is 37.3 Å². The van der Waals surface area contributed by atoms with Crippen LogP contribution in [0.3, 0.4) is 0 Å². The SMILES string of the molecule is CCN(Cc1ccccc1)C(=O)c1ccc(N2CCCC(C)C2)cn1. The van der Waals surface area contributed by atoms with Gasteiger partial charge in [-0.05, 0) is 43.4 Å². The van der Waals surface area contributed by atoms with Gasteiger partial charge in [0.2, 0.25) is 0 Å². The zero-order chi connectivity index (χ0) is 17.6. The van der Waals surface area contributed by atoms with E-state index < -0.39 is 0 Å². The van der Waals surface area contributed by atoms with Crippen LogP contribution in [0.5, 0.6) is 0 Å². The van der Waals surface area contributed by atoms with Crippen molar-refractivity contribution in [2.45, 2.75) is 33.2 Å². The van der Waals surface area contributed by atoms with Crippen molar-refractivity contribution in [3.63, 3.8) is 0 Å². The second-order valence-electron chi connectivity index (χ2n) is 6.90. The van der Waals surface area contributed by atoms with Gasteiger partial charge < -0.3 is 9.80 Å². The minimum Gasteiger partial charge on any atom is -0.370 e. The van der Waals surface area contributed by atoms with Crippen LogP contribution in [0.1, 0.15) is 42.7 Å². The van der Waals surface area contributed by atoms with Crippen LogP contribution in [-0.4, -0.2) is 35.4 Å². The smallest absolute Gasteiger partial charge is 0.272 e. The van der Waals surface area contributed by atoms with E-state index in [2.05, 4.69) is 16.8 Å². The van der Waals surface area contributed by atoms with Crippen molar-refractivity contribution < 1.29 is 4.79 Å². The number of nitrogens with zero attached hydrogens (tertiary/aromatic N) is 3. The van der Waals surface area contributed by atoms with Crippen LogP contribution in [0, 0.1) is 5.92 Å². The standard InChI is InChI=1S/C21H27N3O/c1-3-23(16-18-9-5-4-6-10-18)21(25)20-12-11-19(14-22-20)24-13-7-8-17(2)15-24/h4-6,9-12,14,17H,3,7-8,13,15-16H2,1-2H3. The van der Waals surface area contributed by atoms with Gasteiger partial charge >= 0.3 is 0 Å². The summed E-state index contributed by atoms with van der Waals surface area (Å²) in [6.45, 7) is 7.73. The van der Waals surface area contributed by atoms with Gasteiger partial charge in [0.05, 0.1) is 11.9 Å². The molecular weight excluding hydrogens is 310 g/mol. The highest BCUT2D eigenvalue weighted by Crippen LogP contribution is 2.22. The van der Waals surface area contributed by atoms with E-state index in [0.717, 1.165) is 30.3 Å². The van der Waals surface area contributed by atoms with Gasteiger partial charge in [0.1, 0.15) is 5.69 Å². The van der Waals surface area contributed by atoms with E-state index >= 15 is 0 Å². The molecule has 132 valence electrons. The number of aromatic nitrogens is 1. The molecule has 1 saturated heterocycles. The molecule has 1 amide bonds. The highest BCUT2D eigenvalue weighted by atomic mass is 16.2. The molecule has 2 aromatic rings. The Morgan fingerprint density at radius 2 is 2.04 bits per heavy atom. The molecule has 0 spiro atoms. The first-order valence-corrected chi connectivity index (χ1v) is 9.21. The predicted molar refractivity (Wildman–Crippen MR) is 102 cm³/mol. The minimum absolute atomic E-state index is 0.00934. The molecule has 0 saturated carbocycles. The lowest BCUT2D eigenvalue weighted by Crippen LogP contribution is -2.34. The van der Waals surface area contributed by atoms with Gasteiger partial charge in [0.25, 0.3) is 5.91 Å². The first kappa shape index (κ1) is 17.5. The average molecular weight is 337 g/mol. The maximum absolute atomic E-state index is 12.8. The van der Waals surface area contributed by atoms with Crippen LogP contribution in [0.4, 0.5) is 5.69 Å². The zero-order valence-corrected chi connectivity index (χ0v) is 15.2. The Kier molecular flexibility index (Phi) is 5.69. The topological polar surface area (TPSA) is 36.4 Å². The van der Waals surface area contributed by atoms with Crippen molar-refractivity contribution in [2.75, 3.05) is 24.5 Å². The summed E-state index contributed by atoms with van der Waals surface area (Å²) >= 11 is 0. The second kappa shape index (κ2) is 8.15. The number of hydrogen-bond acceptors (Lipinski definition) is 3. The number of pyridine rings is 1. The maximum Gasteiger partial charge on any atom is 0.272 e. The molecular formula is C21H27N3O. The fourth-order valence-corrected chi connectivity index (χ4v) is 3.42. The van der Waals surface area contributed by atoms with Crippen molar-refractivity contribution in [2.24, 2.45) is 5.92 Å². The highest BCUT2D eigenvalue weighted by Gasteiger charge is 2.19. The van der Waals surface area contributed by atoms with Gasteiger partial charge in [-0.2, -0.15) is 0 Å². The summed E-state index contributed by atoms with van der Waals surface area (Å²) in [5, 5.41) is 0. The molecule has 4 heteroatoms. The van der Waals surface area contributed by atoms with Crippen LogP contribution in [0.2, 0.25) is 0 Å². The van der Waals surface area contributed by atoms with Gasteiger partial charge in [0, 0.05) is 26.2 Å². The Bertz CT molecular complexity index is 684. The second-order valence-corrected chi connectivity index (χ2v) is 6.90. The molecule has 1 atom stereocenters. The predicted octanol–water partition coefficient (Wildman–Crippen LogP) is 3.98. The number of carbonyl (C=O) groups excluding carboxylic acids is 1. The number of benzene rings is 1. The van der Waals surface area contributed by atoms with E-state index in [1.54, 1.807) is 0 Å². The molecule has 0 radical (unpaired) electrons. The third-order valence-electron chi connectivity index (χ3n) is 4.87. The average Bonchev–Trinajstić information content (AvgIpc) is 2.66. The van der Waals surface area contributed by atoms with E-state index in [0.29, 0.717) is 18.8 Å². The molecule has 1 aromatic carbocycles. The number of carbonyl (C=O) groups is 1. The number of rotatable bonds is 5. The summed E-state index contributed by atoms with van der Waals surface area (Å²) in [6.07, 6.45) is 4.37. The quantitative estimate of drug-likeness (QED) is 0.828. The maximum atomic E-state index is 12.8. The molecule has 2 heterocycles. The molecule has 1 unspecified atom stereocenters. The molecule has 1 aliphatic rings. The van der Waals surface area contributed by atoms with E-state index in [-0.39, 0.29) is 5.91 Å². The number of piperidine rings is 1. The normalized spacial score (nSPS) is 17.4. The van der Waals surface area contributed by atoms with E-state index in [9.17, 15) is 4.79 Å². The van der Waals surface area contributed by atoms with Crippen molar-refractivity contribution in [3.05, 3.63) is 59.9 Å². The van der Waals surface area contributed by atoms with Crippen LogP contribution in [-0.2, 0) is 6.54 Å². The summed E-state index contributed by atoms with van der Waals surface area (Å²) in [6, 6.07) is 14.0. The van der Waals surface area contributed by atoms with Gasteiger partial charge in [-0.25, -0.2) is 4.98 Å². The summed E-state index contributed by atoms with van der Waals surface area (Å²) in [5.41, 5.74) is 2.78. The number of hydrogen-bond donors (Lipinski definition) is 0. The lowest BCUT2D eigenvalue weighted by molar-refractivity contribution is 0.0746. The molecule has 0 N–H and O–H groups in total. The van der Waals surface area contributed by atoms with Crippen LogP contribution in [0.15, 0.2) is 48.7 Å². The third kappa shape index (κ3) is 4.38. The Balaban J connectivity index is 1.68. The van der Waals surface area contributed by atoms with Crippen molar-refractivity contribution in [1.82, 2.24) is 9.88 Å². The minimum atomic E-state index is -0.00934. The summed E-state index contributed by atoms with van der Waals surface area (Å²) in [7, 11) is 0. The molecule has 1 fully saturated rings. The summed E-state index contributed by atoms with van der Waals surface area (Å²) in [4.78, 5) is 21.4. The van der Waals surface area contributed by atoms with E-state index in [1.165, 1.54) is 12.8 Å². The Morgan fingerprint density at radius 3 is 2.68 bits per heavy atom. The Labute approximate surface area is 150 Å². The lowest BCUT2D eigenvalue weighted by Gasteiger charge is -2.32. The fourth-order valence-electron chi connectivity index (χ4n) is 3.42. The van der Waals surface area contributed by atoms with Crippen LogP contribution >= 0.6 is 0 Å². The van der Waals surface area contributed by atoms with Gasteiger partial charge in [-0.15, -0.1) is 0 Å². The molecule has 4 nitrogen and oxygen atoms in total. The molecule has 1 aromatic heterocycles. The number of amides is 1. The Morgan fingerprint density at radius 1 is 1.24 bits per heavy atom. The van der Waals surface area contributed by atoms with Crippen LogP contribution in [0.25, 0.3) is 0 Å². The summed E-state index contributed by atoms with van der Waals surface area (Å²) in [5.74, 6) is 0.710. The lowest BCUT2D eigenvalue weighted by atomic mass is 10.00. The van der Waals surface area contributed by atoms with Crippen LogP contribution < -0.4 is 4.90 Å². The number of anilines is 1. The first-order valence-electron chi connectivity index (χ1n) is 9.21. The molecule has 0 aliphatic carbocycles. The molecule has 3 rings (SSSR count). The third-order valence-corrected chi connectivity index (χ3v) is 4.87. The van der Waals surface area contributed by atoms with Gasteiger partial charge in [-0.3, -0.25) is 4.79 Å². The first-order chi connectivity index (χ1) is 12.2.